The molecule has 3 heterocycles. The van der Waals surface area contributed by atoms with Gasteiger partial charge in [-0.1, -0.05) is 12.1 Å². The van der Waals surface area contributed by atoms with Crippen molar-refractivity contribution in [2.24, 2.45) is 5.92 Å². The third-order valence-corrected chi connectivity index (χ3v) is 6.97. The number of nitrogens with two attached hydrogens (primary N) is 1. The van der Waals surface area contributed by atoms with E-state index in [0.29, 0.717) is 5.56 Å². The highest BCUT2D eigenvalue weighted by molar-refractivity contribution is 5.97. The summed E-state index contributed by atoms with van der Waals surface area (Å²) < 4.78 is 69.8. The number of nitrogens with zero attached hydrogens (tertiary/aromatic N) is 4. The molecular weight excluding hydrogens is 499 g/mol. The third-order valence-electron chi connectivity index (χ3n) is 6.97. The average Bonchev–Trinajstić information content (AvgIpc) is 3.39. The molecule has 2 aromatic heterocycles. The van der Waals surface area contributed by atoms with Gasteiger partial charge in [-0.2, -0.15) is 18.3 Å². The first-order valence-electron chi connectivity index (χ1n) is 11.6. The highest BCUT2D eigenvalue weighted by Crippen LogP contribution is 2.39. The molecule has 1 saturated heterocycles. The molecule has 2 amide bonds. The monoisotopic (exact) mass is 522 g/mol. The summed E-state index contributed by atoms with van der Waals surface area (Å²) in [6.45, 7) is 1.39. The van der Waals surface area contributed by atoms with Crippen LogP contribution in [-0.2, 0) is 11.0 Å². The second-order valence-electron chi connectivity index (χ2n) is 9.48. The summed E-state index contributed by atoms with van der Waals surface area (Å²) in [7, 11) is 0. The fraction of sp³-hybridized carbons (Fsp3) is 0.417. The molecule has 1 saturated carbocycles. The Hall–Kier alpha value is -3.77. The van der Waals surface area contributed by atoms with Crippen LogP contribution in [0.15, 0.2) is 30.6 Å². The Labute approximate surface area is 207 Å². The first-order valence-corrected chi connectivity index (χ1v) is 11.6. The zero-order chi connectivity index (χ0) is 26.6. The summed E-state index contributed by atoms with van der Waals surface area (Å²) in [5.74, 6) is -1.78. The number of alkyl halides is 5. The van der Waals surface area contributed by atoms with Crippen molar-refractivity contribution in [3.63, 3.8) is 0 Å². The Morgan fingerprint density at radius 2 is 1.86 bits per heavy atom. The third kappa shape index (κ3) is 4.46. The minimum atomic E-state index is -4.72. The van der Waals surface area contributed by atoms with Crippen molar-refractivity contribution in [3.05, 3.63) is 47.3 Å². The van der Waals surface area contributed by atoms with Gasteiger partial charge < -0.3 is 16.0 Å². The molecule has 3 aromatic rings. The van der Waals surface area contributed by atoms with Crippen LogP contribution in [0.5, 0.6) is 0 Å². The molecule has 5 rings (SSSR count). The number of hydrogen-bond donors (Lipinski definition) is 2. The van der Waals surface area contributed by atoms with Gasteiger partial charge in [0.15, 0.2) is 5.82 Å². The Morgan fingerprint density at radius 3 is 2.54 bits per heavy atom. The fourth-order valence-corrected chi connectivity index (χ4v) is 4.85. The standard InChI is InChI=1S/C24H23F5N6O2/c1-11-2-3-12(19-7-16(24(27,28)29)20-21(30)31-10-32-35(19)20)6-15(11)22(36)33-18-9-34(8-17(18)26)23(37)13-4-14(25)5-13/h2-3,6-7,10,13-14,17-18H,4-5,8-9H2,1H3,(H,33,36)(H2,30,31,32)/t13?,14?,17-,18+/m0/s1. The molecule has 2 atom stereocenters. The molecule has 0 unspecified atom stereocenters. The van der Waals surface area contributed by atoms with Crippen LogP contribution in [0.4, 0.5) is 27.8 Å². The highest BCUT2D eigenvalue weighted by Gasteiger charge is 2.43. The zero-order valence-electron chi connectivity index (χ0n) is 19.6. The molecule has 3 N–H and O–H groups in total. The number of aryl methyl sites for hydroxylation is 1. The second-order valence-corrected chi connectivity index (χ2v) is 9.48. The number of carbonyl (C=O) groups excluding carboxylic acids is 2. The predicted octanol–water partition coefficient (Wildman–Crippen LogP) is 3.33. The molecule has 1 aliphatic heterocycles. The van der Waals surface area contributed by atoms with Crippen molar-refractivity contribution >= 4 is 23.1 Å². The van der Waals surface area contributed by atoms with Crippen LogP contribution in [0, 0.1) is 12.8 Å². The number of likely N-dealkylation sites (tertiary alicyclic amines) is 1. The number of nitrogen functional groups attached to an aromatic ring is 1. The number of amides is 2. The molecule has 0 bridgehead atoms. The van der Waals surface area contributed by atoms with E-state index in [2.05, 4.69) is 15.4 Å². The maximum Gasteiger partial charge on any atom is 0.418 e. The van der Waals surface area contributed by atoms with Gasteiger partial charge in [0, 0.05) is 23.6 Å². The minimum absolute atomic E-state index is 0.0400. The summed E-state index contributed by atoms with van der Waals surface area (Å²) in [5, 5.41) is 6.51. The molecule has 2 aliphatic rings. The van der Waals surface area contributed by atoms with Gasteiger partial charge >= 0.3 is 6.18 Å². The van der Waals surface area contributed by atoms with Gasteiger partial charge in [-0.15, -0.1) is 0 Å². The van der Waals surface area contributed by atoms with Gasteiger partial charge in [0.05, 0.1) is 23.8 Å². The number of halogens is 5. The van der Waals surface area contributed by atoms with Gasteiger partial charge in [0.1, 0.15) is 24.2 Å². The lowest BCUT2D eigenvalue weighted by atomic mass is 9.82. The molecule has 0 radical (unpaired) electrons. The van der Waals surface area contributed by atoms with Crippen molar-refractivity contribution in [3.8, 4) is 11.3 Å². The summed E-state index contributed by atoms with van der Waals surface area (Å²) in [5.41, 5.74) is 5.21. The lowest BCUT2D eigenvalue weighted by Gasteiger charge is -2.31. The van der Waals surface area contributed by atoms with E-state index < -0.39 is 47.5 Å². The maximum atomic E-state index is 14.7. The van der Waals surface area contributed by atoms with E-state index in [4.69, 9.17) is 5.73 Å². The summed E-state index contributed by atoms with van der Waals surface area (Å²) in [6.07, 6.45) is -5.98. The van der Waals surface area contributed by atoms with Gasteiger partial charge in [-0.3, -0.25) is 9.59 Å². The molecule has 196 valence electrons. The Bertz CT molecular complexity index is 1380. The quantitative estimate of drug-likeness (QED) is 0.512. The van der Waals surface area contributed by atoms with Crippen LogP contribution >= 0.6 is 0 Å². The SMILES string of the molecule is Cc1ccc(-c2cc(C(F)(F)F)c3c(N)ncnn23)cc1C(=O)N[C@@H]1CN(C(=O)C2CC(F)C2)C[C@@H]1F. The number of hydrogen-bond acceptors (Lipinski definition) is 5. The summed E-state index contributed by atoms with van der Waals surface area (Å²) in [6, 6.07) is 4.40. The smallest absolute Gasteiger partial charge is 0.382 e. The van der Waals surface area contributed by atoms with Crippen LogP contribution in [-0.4, -0.2) is 62.8 Å². The Kier molecular flexibility index (Phi) is 6.03. The lowest BCUT2D eigenvalue weighted by Crippen LogP contribution is -2.44. The van der Waals surface area contributed by atoms with E-state index in [1.54, 1.807) is 13.0 Å². The molecular formula is C24H23F5N6O2. The van der Waals surface area contributed by atoms with Crippen LogP contribution in [0.3, 0.4) is 0 Å². The van der Waals surface area contributed by atoms with E-state index in [-0.39, 0.29) is 54.5 Å². The first kappa shape index (κ1) is 24.9. The van der Waals surface area contributed by atoms with Crippen LogP contribution < -0.4 is 11.1 Å². The van der Waals surface area contributed by atoms with Gasteiger partial charge in [-0.25, -0.2) is 18.3 Å². The largest absolute Gasteiger partial charge is 0.418 e. The molecule has 1 aromatic carbocycles. The van der Waals surface area contributed by atoms with Crippen molar-refractivity contribution < 1.29 is 31.5 Å². The van der Waals surface area contributed by atoms with E-state index >= 15 is 0 Å². The van der Waals surface area contributed by atoms with Crippen LogP contribution in [0.2, 0.25) is 0 Å². The number of anilines is 1. The molecule has 8 nitrogen and oxygen atoms in total. The maximum absolute atomic E-state index is 14.7. The predicted molar refractivity (Wildman–Crippen MR) is 123 cm³/mol. The van der Waals surface area contributed by atoms with Crippen molar-refractivity contribution in [2.45, 2.75) is 44.3 Å². The zero-order valence-corrected chi connectivity index (χ0v) is 19.6. The molecule has 2 fully saturated rings. The van der Waals surface area contributed by atoms with E-state index in [1.165, 1.54) is 17.0 Å². The number of carbonyl (C=O) groups is 2. The average molecular weight is 522 g/mol. The van der Waals surface area contributed by atoms with Crippen LogP contribution in [0.25, 0.3) is 16.8 Å². The Balaban J connectivity index is 1.40. The van der Waals surface area contributed by atoms with E-state index in [0.717, 1.165) is 16.9 Å². The van der Waals surface area contributed by atoms with Gasteiger partial charge in [-0.05, 0) is 37.5 Å². The summed E-state index contributed by atoms with van der Waals surface area (Å²) >= 11 is 0. The fourth-order valence-electron chi connectivity index (χ4n) is 4.85. The molecule has 37 heavy (non-hydrogen) atoms. The minimum Gasteiger partial charge on any atom is -0.382 e. The number of fused-ring (bicyclic) bond motifs is 1. The van der Waals surface area contributed by atoms with Crippen LogP contribution in [0.1, 0.15) is 34.3 Å². The van der Waals surface area contributed by atoms with Gasteiger partial charge in [0.2, 0.25) is 5.91 Å². The highest BCUT2D eigenvalue weighted by atomic mass is 19.4. The van der Waals surface area contributed by atoms with Crippen molar-refractivity contribution in [1.82, 2.24) is 24.8 Å². The molecule has 13 heteroatoms. The number of benzene rings is 1. The normalized spacial score (nSPS) is 23.8. The topological polar surface area (TPSA) is 106 Å². The number of rotatable bonds is 4. The van der Waals surface area contributed by atoms with Crippen molar-refractivity contribution in [2.75, 3.05) is 18.8 Å². The van der Waals surface area contributed by atoms with Crippen molar-refractivity contribution in [1.29, 1.82) is 0 Å². The van der Waals surface area contributed by atoms with E-state index in [1.807, 2.05) is 0 Å². The van der Waals surface area contributed by atoms with E-state index in [9.17, 15) is 31.5 Å². The lowest BCUT2D eigenvalue weighted by molar-refractivity contribution is -0.139. The van der Waals surface area contributed by atoms with Gasteiger partial charge in [0.25, 0.3) is 5.91 Å². The summed E-state index contributed by atoms with van der Waals surface area (Å²) in [4.78, 5) is 30.5. The number of aromatic nitrogens is 3. The number of nitrogens with one attached hydrogen (secondary N) is 1. The molecule has 1 aliphatic carbocycles. The molecule has 0 spiro atoms. The first-order chi connectivity index (χ1) is 17.4. The Morgan fingerprint density at radius 1 is 1.14 bits per heavy atom. The second kappa shape index (κ2) is 8.96.